The van der Waals surface area contributed by atoms with Gasteiger partial charge in [0.25, 0.3) is 0 Å². The number of aliphatic hydroxyl groups is 1. The minimum atomic E-state index is -0.499. The van der Waals surface area contributed by atoms with E-state index in [1.807, 2.05) is 20.8 Å². The van der Waals surface area contributed by atoms with E-state index in [9.17, 15) is 9.59 Å². The number of piperidine rings is 1. The molecule has 0 saturated carbocycles. The van der Waals surface area contributed by atoms with Crippen LogP contribution in [0.3, 0.4) is 0 Å². The van der Waals surface area contributed by atoms with E-state index in [0.717, 1.165) is 0 Å². The van der Waals surface area contributed by atoms with Gasteiger partial charge in [0.2, 0.25) is 0 Å². The Morgan fingerprint density at radius 3 is 2.48 bits per heavy atom. The van der Waals surface area contributed by atoms with Crippen molar-refractivity contribution in [2.75, 3.05) is 26.2 Å². The zero-order valence-corrected chi connectivity index (χ0v) is 12.9. The van der Waals surface area contributed by atoms with Crippen molar-refractivity contribution in [3.05, 3.63) is 0 Å². The zero-order valence-electron chi connectivity index (χ0n) is 12.9. The molecular weight excluding hydrogens is 276 g/mol. The van der Waals surface area contributed by atoms with Gasteiger partial charge in [-0.3, -0.25) is 0 Å². The maximum absolute atomic E-state index is 12.0. The predicted molar refractivity (Wildman–Crippen MR) is 74.9 cm³/mol. The van der Waals surface area contributed by atoms with Crippen LogP contribution < -0.4 is 0 Å². The highest BCUT2D eigenvalue weighted by Crippen LogP contribution is 2.23. The summed E-state index contributed by atoms with van der Waals surface area (Å²) < 4.78 is 10.4. The fraction of sp³-hybridized carbons (Fsp3) is 0.857. The van der Waals surface area contributed by atoms with Gasteiger partial charge in [-0.05, 0) is 33.6 Å². The molecule has 0 spiro atoms. The Labute approximate surface area is 124 Å². The molecule has 1 unspecified atom stereocenters. The molecule has 2 aliphatic rings. The van der Waals surface area contributed by atoms with Crippen molar-refractivity contribution in [3.8, 4) is 0 Å². The Balaban J connectivity index is 1.83. The number of rotatable bonds is 2. The third-order valence-electron chi connectivity index (χ3n) is 3.66. The minimum Gasteiger partial charge on any atom is -0.444 e. The number of amides is 2. The SMILES string of the molecule is CC(C)(C)OC(=O)N1CCC(N2CC(CO)OC2=O)CC1. The molecule has 0 aromatic rings. The molecule has 1 atom stereocenters. The van der Waals surface area contributed by atoms with Gasteiger partial charge >= 0.3 is 12.2 Å². The number of aliphatic hydroxyl groups excluding tert-OH is 1. The van der Waals surface area contributed by atoms with Crippen LogP contribution in [0.1, 0.15) is 33.6 Å². The molecule has 21 heavy (non-hydrogen) atoms. The summed E-state index contributed by atoms with van der Waals surface area (Å²) in [4.78, 5) is 27.0. The van der Waals surface area contributed by atoms with E-state index in [1.54, 1.807) is 9.80 Å². The van der Waals surface area contributed by atoms with E-state index < -0.39 is 11.7 Å². The largest absolute Gasteiger partial charge is 0.444 e. The highest BCUT2D eigenvalue weighted by molar-refractivity contribution is 5.71. The molecule has 7 heteroatoms. The number of hydrogen-bond donors (Lipinski definition) is 1. The zero-order chi connectivity index (χ0) is 15.6. The molecule has 0 radical (unpaired) electrons. The second-order valence-corrected chi connectivity index (χ2v) is 6.54. The van der Waals surface area contributed by atoms with E-state index >= 15 is 0 Å². The Bertz CT molecular complexity index is 399. The number of ether oxygens (including phenoxy) is 2. The Morgan fingerprint density at radius 2 is 2.00 bits per heavy atom. The van der Waals surface area contributed by atoms with Crippen LogP contribution in [-0.2, 0) is 9.47 Å². The lowest BCUT2D eigenvalue weighted by Gasteiger charge is -2.36. The Kier molecular flexibility index (Phi) is 4.61. The van der Waals surface area contributed by atoms with Gasteiger partial charge in [0, 0.05) is 19.1 Å². The van der Waals surface area contributed by atoms with Gasteiger partial charge in [0.05, 0.1) is 13.2 Å². The lowest BCUT2D eigenvalue weighted by molar-refractivity contribution is 0.0168. The van der Waals surface area contributed by atoms with Crippen molar-refractivity contribution < 1.29 is 24.2 Å². The topological polar surface area (TPSA) is 79.3 Å². The first-order valence-corrected chi connectivity index (χ1v) is 7.36. The Hall–Kier alpha value is -1.50. The fourth-order valence-corrected chi connectivity index (χ4v) is 2.62. The van der Waals surface area contributed by atoms with E-state index in [2.05, 4.69) is 0 Å². The van der Waals surface area contributed by atoms with Crippen LogP contribution in [0, 0.1) is 0 Å². The summed E-state index contributed by atoms with van der Waals surface area (Å²) in [6, 6.07) is 0.0627. The highest BCUT2D eigenvalue weighted by Gasteiger charge is 2.38. The third kappa shape index (κ3) is 4.00. The summed E-state index contributed by atoms with van der Waals surface area (Å²) >= 11 is 0. The number of cyclic esters (lactones) is 1. The summed E-state index contributed by atoms with van der Waals surface area (Å²) in [7, 11) is 0. The molecule has 1 N–H and O–H groups in total. The van der Waals surface area contributed by atoms with Crippen LogP contribution in [0.5, 0.6) is 0 Å². The molecule has 7 nitrogen and oxygen atoms in total. The van der Waals surface area contributed by atoms with Crippen molar-refractivity contribution in [1.82, 2.24) is 9.80 Å². The molecular formula is C14H24N2O5. The van der Waals surface area contributed by atoms with Crippen molar-refractivity contribution >= 4 is 12.2 Å². The maximum atomic E-state index is 12.0. The van der Waals surface area contributed by atoms with Crippen LogP contribution >= 0.6 is 0 Å². The van der Waals surface area contributed by atoms with Crippen LogP contribution in [-0.4, -0.2) is 71.1 Å². The van der Waals surface area contributed by atoms with E-state index in [0.29, 0.717) is 32.5 Å². The molecule has 0 aromatic carbocycles. The second kappa shape index (κ2) is 6.09. The summed E-state index contributed by atoms with van der Waals surface area (Å²) in [5, 5.41) is 9.05. The molecule has 2 saturated heterocycles. The highest BCUT2D eigenvalue weighted by atomic mass is 16.6. The van der Waals surface area contributed by atoms with Crippen LogP contribution in [0.2, 0.25) is 0 Å². The van der Waals surface area contributed by atoms with Gasteiger partial charge in [-0.25, -0.2) is 9.59 Å². The van der Waals surface area contributed by atoms with Gasteiger partial charge in [-0.15, -0.1) is 0 Å². The number of likely N-dealkylation sites (tertiary alicyclic amines) is 1. The fourth-order valence-electron chi connectivity index (χ4n) is 2.62. The monoisotopic (exact) mass is 300 g/mol. The predicted octanol–water partition coefficient (Wildman–Crippen LogP) is 1.20. The molecule has 2 heterocycles. The third-order valence-corrected chi connectivity index (χ3v) is 3.66. The maximum Gasteiger partial charge on any atom is 0.410 e. The van der Waals surface area contributed by atoms with Crippen LogP contribution in [0.15, 0.2) is 0 Å². The Morgan fingerprint density at radius 1 is 1.38 bits per heavy atom. The van der Waals surface area contributed by atoms with Gasteiger partial charge in [0.1, 0.15) is 11.7 Å². The molecule has 0 aromatic heterocycles. The lowest BCUT2D eigenvalue weighted by atomic mass is 10.0. The van der Waals surface area contributed by atoms with Gasteiger partial charge in [-0.2, -0.15) is 0 Å². The molecule has 2 aliphatic heterocycles. The number of hydrogen-bond acceptors (Lipinski definition) is 5. The second-order valence-electron chi connectivity index (χ2n) is 6.54. The normalized spacial score (nSPS) is 24.2. The van der Waals surface area contributed by atoms with E-state index in [-0.39, 0.29) is 24.8 Å². The summed E-state index contributed by atoms with van der Waals surface area (Å²) in [6.45, 7) is 6.92. The molecule has 0 aliphatic carbocycles. The summed E-state index contributed by atoms with van der Waals surface area (Å²) in [5.74, 6) is 0. The molecule has 120 valence electrons. The van der Waals surface area contributed by atoms with Crippen molar-refractivity contribution in [2.24, 2.45) is 0 Å². The standard InChI is InChI=1S/C14H24N2O5/c1-14(2,3)21-12(18)15-6-4-10(5-7-15)16-8-11(9-17)20-13(16)19/h10-11,17H,4-9H2,1-3H3. The van der Waals surface area contributed by atoms with Crippen LogP contribution in [0.25, 0.3) is 0 Å². The first-order valence-electron chi connectivity index (χ1n) is 7.36. The average molecular weight is 300 g/mol. The number of nitrogens with zero attached hydrogens (tertiary/aromatic N) is 2. The van der Waals surface area contributed by atoms with Crippen molar-refractivity contribution in [3.63, 3.8) is 0 Å². The summed E-state index contributed by atoms with van der Waals surface area (Å²) in [5.41, 5.74) is -0.499. The van der Waals surface area contributed by atoms with Gasteiger partial charge in [-0.1, -0.05) is 0 Å². The quantitative estimate of drug-likeness (QED) is 0.829. The van der Waals surface area contributed by atoms with Crippen molar-refractivity contribution in [2.45, 2.75) is 51.4 Å². The van der Waals surface area contributed by atoms with Gasteiger partial charge in [0.15, 0.2) is 0 Å². The summed E-state index contributed by atoms with van der Waals surface area (Å²) in [6.07, 6.45) is 0.295. The van der Waals surface area contributed by atoms with E-state index in [4.69, 9.17) is 14.6 Å². The molecule has 2 amide bonds. The van der Waals surface area contributed by atoms with Crippen molar-refractivity contribution in [1.29, 1.82) is 0 Å². The van der Waals surface area contributed by atoms with Gasteiger partial charge < -0.3 is 24.4 Å². The lowest BCUT2D eigenvalue weighted by Crippen LogP contribution is -2.48. The van der Waals surface area contributed by atoms with E-state index in [1.165, 1.54) is 0 Å². The number of carbonyl (C=O) groups excluding carboxylic acids is 2. The molecule has 0 bridgehead atoms. The minimum absolute atomic E-state index is 0.0627. The molecule has 2 fully saturated rings. The van der Waals surface area contributed by atoms with Crippen LogP contribution in [0.4, 0.5) is 9.59 Å². The first kappa shape index (κ1) is 15.9. The molecule has 2 rings (SSSR count). The smallest absolute Gasteiger partial charge is 0.410 e. The average Bonchev–Trinajstić information content (AvgIpc) is 2.78. The first-order chi connectivity index (χ1) is 9.80. The number of carbonyl (C=O) groups is 2.